The van der Waals surface area contributed by atoms with Crippen molar-refractivity contribution >= 4 is 75.1 Å². The molecule has 0 fully saturated rings. The summed E-state index contributed by atoms with van der Waals surface area (Å²) < 4.78 is 7.10. The van der Waals surface area contributed by atoms with E-state index in [2.05, 4.69) is 197 Å². The molecule has 8 aromatic carbocycles. The van der Waals surface area contributed by atoms with Gasteiger partial charge in [-0.3, -0.25) is 0 Å². The third-order valence-electron chi connectivity index (χ3n) is 11.2. The van der Waals surface area contributed by atoms with Crippen molar-refractivity contribution in [1.29, 1.82) is 0 Å². The highest BCUT2D eigenvalue weighted by molar-refractivity contribution is 7.26. The maximum Gasteiger partial charge on any atom is 0.166 e. The van der Waals surface area contributed by atoms with Gasteiger partial charge < -0.3 is 9.13 Å². The molecule has 6 heteroatoms. The van der Waals surface area contributed by atoms with Crippen molar-refractivity contribution in [2.75, 3.05) is 0 Å². The number of para-hydroxylation sites is 6. The lowest BCUT2D eigenvalue weighted by Crippen LogP contribution is -2.03. The molecule has 12 rings (SSSR count). The Morgan fingerprint density at radius 2 is 0.719 bits per heavy atom. The molecule has 0 aliphatic heterocycles. The maximum atomic E-state index is 5.49. The molecule has 0 saturated carbocycles. The first-order valence-corrected chi connectivity index (χ1v) is 19.9. The molecule has 266 valence electrons. The SMILES string of the molecule is c1ccc(-n2c3ccccc3c3cccc(-c4nc(-c5cccc6c5sc5ccccc56)nc(-c5cccc6c7ccccc7n(-c7ccccc7)c56)n4)c32)cc1. The lowest BCUT2D eigenvalue weighted by atomic mass is 10.1. The van der Waals surface area contributed by atoms with E-state index in [1.165, 1.54) is 26.2 Å². The molecular weight excluding hydrogens is 715 g/mol. The summed E-state index contributed by atoms with van der Waals surface area (Å²) in [4.78, 5) is 16.4. The summed E-state index contributed by atoms with van der Waals surface area (Å²) in [5, 5.41) is 7.10. The highest BCUT2D eigenvalue weighted by Crippen LogP contribution is 2.43. The van der Waals surface area contributed by atoms with Gasteiger partial charge in [0.15, 0.2) is 17.5 Å². The fraction of sp³-hybridized carbons (Fsp3) is 0. The van der Waals surface area contributed by atoms with E-state index < -0.39 is 0 Å². The Balaban J connectivity index is 1.21. The van der Waals surface area contributed by atoms with E-state index in [0.717, 1.165) is 65.6 Å². The van der Waals surface area contributed by atoms with Gasteiger partial charge >= 0.3 is 0 Å². The van der Waals surface area contributed by atoms with Gasteiger partial charge in [0, 0.05) is 69.8 Å². The van der Waals surface area contributed by atoms with Crippen LogP contribution >= 0.6 is 11.3 Å². The molecule has 0 aliphatic rings. The van der Waals surface area contributed by atoms with Crippen LogP contribution < -0.4 is 0 Å². The van der Waals surface area contributed by atoms with Crippen molar-refractivity contribution in [2.45, 2.75) is 0 Å². The van der Waals surface area contributed by atoms with E-state index in [0.29, 0.717) is 17.5 Å². The summed E-state index contributed by atoms with van der Waals surface area (Å²) in [6, 6.07) is 66.5. The van der Waals surface area contributed by atoms with Crippen LogP contribution in [0.4, 0.5) is 0 Å². The van der Waals surface area contributed by atoms with Crippen LogP contribution in [0.5, 0.6) is 0 Å². The minimum Gasteiger partial charge on any atom is -0.309 e. The maximum absolute atomic E-state index is 5.49. The van der Waals surface area contributed by atoms with Crippen molar-refractivity contribution in [1.82, 2.24) is 24.1 Å². The van der Waals surface area contributed by atoms with Gasteiger partial charge in [0.2, 0.25) is 0 Å². The minimum absolute atomic E-state index is 0.623. The first-order chi connectivity index (χ1) is 28.3. The molecule has 0 aliphatic carbocycles. The minimum atomic E-state index is 0.623. The Morgan fingerprint density at radius 3 is 1.26 bits per heavy atom. The number of thiophene rings is 1. The fourth-order valence-corrected chi connectivity index (χ4v) is 9.96. The normalized spacial score (nSPS) is 11.9. The molecule has 0 unspecified atom stereocenters. The van der Waals surface area contributed by atoms with Crippen LogP contribution in [0.2, 0.25) is 0 Å². The van der Waals surface area contributed by atoms with E-state index in [9.17, 15) is 0 Å². The summed E-state index contributed by atoms with van der Waals surface area (Å²) >= 11 is 1.79. The van der Waals surface area contributed by atoms with E-state index >= 15 is 0 Å². The van der Waals surface area contributed by atoms with Crippen LogP contribution in [-0.2, 0) is 0 Å². The Kier molecular flexibility index (Phi) is 7.03. The second-order valence-electron chi connectivity index (χ2n) is 14.4. The number of benzene rings is 8. The molecule has 4 aromatic heterocycles. The first-order valence-electron chi connectivity index (χ1n) is 19.1. The van der Waals surface area contributed by atoms with Gasteiger partial charge in [-0.05, 0) is 60.7 Å². The third kappa shape index (κ3) is 4.84. The van der Waals surface area contributed by atoms with E-state index in [4.69, 9.17) is 15.0 Å². The van der Waals surface area contributed by atoms with Crippen LogP contribution in [0.15, 0.2) is 188 Å². The van der Waals surface area contributed by atoms with Gasteiger partial charge in [-0.15, -0.1) is 11.3 Å². The van der Waals surface area contributed by atoms with E-state index in [1.54, 1.807) is 11.3 Å². The van der Waals surface area contributed by atoms with Crippen molar-refractivity contribution in [3.63, 3.8) is 0 Å². The van der Waals surface area contributed by atoms with Crippen LogP contribution in [-0.4, -0.2) is 24.1 Å². The highest BCUT2D eigenvalue weighted by Gasteiger charge is 2.23. The Bertz CT molecular complexity index is 3350. The quantitative estimate of drug-likeness (QED) is 0.176. The summed E-state index contributed by atoms with van der Waals surface area (Å²) in [6.45, 7) is 0. The first kappa shape index (κ1) is 31.9. The van der Waals surface area contributed by atoms with Gasteiger partial charge in [-0.1, -0.05) is 127 Å². The van der Waals surface area contributed by atoms with E-state index in [1.807, 2.05) is 0 Å². The molecule has 5 nitrogen and oxygen atoms in total. The molecule has 4 heterocycles. The molecule has 0 N–H and O–H groups in total. The largest absolute Gasteiger partial charge is 0.309 e. The average Bonchev–Trinajstić information content (AvgIpc) is 3.95. The average molecular weight is 746 g/mol. The van der Waals surface area contributed by atoms with Gasteiger partial charge in [-0.2, -0.15) is 0 Å². The highest BCUT2D eigenvalue weighted by atomic mass is 32.1. The summed E-state index contributed by atoms with van der Waals surface area (Å²) in [5.41, 5.74) is 9.42. The molecule has 0 atom stereocenters. The fourth-order valence-electron chi connectivity index (χ4n) is 8.75. The number of aromatic nitrogens is 5. The topological polar surface area (TPSA) is 48.5 Å². The predicted octanol–water partition coefficient (Wildman–Crippen LogP) is 13.4. The number of fused-ring (bicyclic) bond motifs is 9. The molecule has 0 radical (unpaired) electrons. The Hall–Kier alpha value is -7.41. The summed E-state index contributed by atoms with van der Waals surface area (Å²) in [6.07, 6.45) is 0. The predicted molar refractivity (Wildman–Crippen MR) is 238 cm³/mol. The lowest BCUT2D eigenvalue weighted by Gasteiger charge is -2.14. The zero-order chi connectivity index (χ0) is 37.5. The monoisotopic (exact) mass is 745 g/mol. The molecule has 12 aromatic rings. The molecular formula is C51H31N5S. The van der Waals surface area contributed by atoms with Gasteiger partial charge in [0.1, 0.15) is 0 Å². The van der Waals surface area contributed by atoms with Crippen molar-refractivity contribution < 1.29 is 0 Å². The smallest absolute Gasteiger partial charge is 0.166 e. The van der Waals surface area contributed by atoms with Crippen molar-refractivity contribution in [2.24, 2.45) is 0 Å². The van der Waals surface area contributed by atoms with Gasteiger partial charge in [0.25, 0.3) is 0 Å². The zero-order valence-electron chi connectivity index (χ0n) is 30.5. The van der Waals surface area contributed by atoms with Crippen LogP contribution in [0.25, 0.3) is 109 Å². The zero-order valence-corrected chi connectivity index (χ0v) is 31.4. The van der Waals surface area contributed by atoms with Gasteiger partial charge in [0.05, 0.1) is 22.1 Å². The number of hydrogen-bond donors (Lipinski definition) is 0. The second-order valence-corrected chi connectivity index (χ2v) is 15.4. The number of rotatable bonds is 5. The lowest BCUT2D eigenvalue weighted by molar-refractivity contribution is 1.07. The molecule has 0 saturated heterocycles. The number of nitrogens with zero attached hydrogens (tertiary/aromatic N) is 5. The Morgan fingerprint density at radius 1 is 0.316 bits per heavy atom. The molecule has 57 heavy (non-hydrogen) atoms. The van der Waals surface area contributed by atoms with Crippen LogP contribution in [0, 0.1) is 0 Å². The third-order valence-corrected chi connectivity index (χ3v) is 12.4. The molecule has 0 amide bonds. The van der Waals surface area contributed by atoms with Gasteiger partial charge in [-0.25, -0.2) is 15.0 Å². The summed E-state index contributed by atoms with van der Waals surface area (Å²) in [7, 11) is 0. The van der Waals surface area contributed by atoms with E-state index in [-0.39, 0.29) is 0 Å². The molecule has 0 bridgehead atoms. The Labute approximate surface area is 331 Å². The standard InChI is InChI=1S/C51H31N5S/c1-3-16-32(17-4-1)55-43-29-10-7-20-34(43)37-23-13-26-40(46(37)55)49-52-50(54-51(53-49)42-28-15-25-39-36-22-9-12-31-45(36)57-48(39)42)41-27-14-24-38-35-21-8-11-30-44(35)56(47(38)41)33-18-5-2-6-19-33/h1-31H. The number of hydrogen-bond acceptors (Lipinski definition) is 4. The molecule has 0 spiro atoms. The van der Waals surface area contributed by atoms with Crippen molar-refractivity contribution in [3.8, 4) is 45.5 Å². The van der Waals surface area contributed by atoms with Crippen molar-refractivity contribution in [3.05, 3.63) is 188 Å². The van der Waals surface area contributed by atoms with Crippen LogP contribution in [0.3, 0.4) is 0 Å². The van der Waals surface area contributed by atoms with Crippen LogP contribution in [0.1, 0.15) is 0 Å². The summed E-state index contributed by atoms with van der Waals surface area (Å²) in [5.74, 6) is 1.89. The second kappa shape index (κ2) is 12.6.